The number of benzene rings is 1. The monoisotopic (exact) mass is 268 g/mol. The second kappa shape index (κ2) is 5.05. The molecule has 0 spiro atoms. The van der Waals surface area contributed by atoms with Crippen molar-refractivity contribution in [1.82, 2.24) is 4.98 Å². The molecule has 0 amide bonds. The van der Waals surface area contributed by atoms with E-state index in [0.717, 1.165) is 0 Å². The molecule has 2 heterocycles. The van der Waals surface area contributed by atoms with Gasteiger partial charge in [-0.15, -0.1) is 0 Å². The van der Waals surface area contributed by atoms with Crippen LogP contribution in [0.4, 0.5) is 4.39 Å². The molecule has 2 aromatic rings. The van der Waals surface area contributed by atoms with Crippen LogP contribution in [0.15, 0.2) is 59.5 Å². The van der Waals surface area contributed by atoms with Crippen molar-refractivity contribution in [2.75, 3.05) is 0 Å². The van der Waals surface area contributed by atoms with Crippen LogP contribution in [0.3, 0.4) is 0 Å². The zero-order chi connectivity index (χ0) is 13.9. The van der Waals surface area contributed by atoms with E-state index in [4.69, 9.17) is 4.74 Å². The Morgan fingerprint density at radius 2 is 1.95 bits per heavy atom. The maximum atomic E-state index is 13.1. The SMILES string of the molecule is O=C1OC(c2ccncc2)=N/C1=C/c1cccc(F)c1. The van der Waals surface area contributed by atoms with Gasteiger partial charge in [0.15, 0.2) is 5.70 Å². The molecule has 1 aromatic carbocycles. The minimum Gasteiger partial charge on any atom is -0.402 e. The molecular weight excluding hydrogens is 259 g/mol. The molecule has 0 bridgehead atoms. The smallest absolute Gasteiger partial charge is 0.363 e. The van der Waals surface area contributed by atoms with Gasteiger partial charge in [-0.3, -0.25) is 4.98 Å². The fourth-order valence-corrected chi connectivity index (χ4v) is 1.78. The number of cyclic esters (lactones) is 1. The van der Waals surface area contributed by atoms with E-state index in [-0.39, 0.29) is 17.4 Å². The van der Waals surface area contributed by atoms with Gasteiger partial charge in [-0.1, -0.05) is 12.1 Å². The highest BCUT2D eigenvalue weighted by Gasteiger charge is 2.23. The van der Waals surface area contributed by atoms with E-state index in [9.17, 15) is 9.18 Å². The number of hydrogen-bond donors (Lipinski definition) is 0. The highest BCUT2D eigenvalue weighted by atomic mass is 19.1. The molecule has 20 heavy (non-hydrogen) atoms. The number of hydrogen-bond acceptors (Lipinski definition) is 4. The van der Waals surface area contributed by atoms with Crippen molar-refractivity contribution in [2.45, 2.75) is 0 Å². The second-order valence-corrected chi connectivity index (χ2v) is 4.13. The Morgan fingerprint density at radius 1 is 1.15 bits per heavy atom. The third-order valence-corrected chi connectivity index (χ3v) is 2.70. The molecule has 98 valence electrons. The Labute approximate surface area is 114 Å². The largest absolute Gasteiger partial charge is 0.402 e. The zero-order valence-corrected chi connectivity index (χ0v) is 10.3. The van der Waals surface area contributed by atoms with Crippen LogP contribution in [-0.2, 0) is 9.53 Å². The van der Waals surface area contributed by atoms with Crippen LogP contribution in [0.5, 0.6) is 0 Å². The van der Waals surface area contributed by atoms with Crippen LogP contribution in [0.1, 0.15) is 11.1 Å². The lowest BCUT2D eigenvalue weighted by molar-refractivity contribution is -0.129. The number of carbonyl (C=O) groups excluding carboxylic acids is 1. The molecular formula is C15H9FN2O2. The molecule has 1 aliphatic rings. The van der Waals surface area contributed by atoms with Gasteiger partial charge in [-0.2, -0.15) is 0 Å². The second-order valence-electron chi connectivity index (χ2n) is 4.13. The maximum absolute atomic E-state index is 13.1. The van der Waals surface area contributed by atoms with Crippen LogP contribution >= 0.6 is 0 Å². The number of aromatic nitrogens is 1. The Balaban J connectivity index is 1.95. The molecule has 0 radical (unpaired) electrons. The van der Waals surface area contributed by atoms with Gasteiger partial charge in [0, 0.05) is 18.0 Å². The number of esters is 1. The first kappa shape index (κ1) is 12.2. The fourth-order valence-electron chi connectivity index (χ4n) is 1.78. The molecule has 0 N–H and O–H groups in total. The van der Waals surface area contributed by atoms with Gasteiger partial charge in [0.25, 0.3) is 0 Å². The minimum atomic E-state index is -0.555. The van der Waals surface area contributed by atoms with Crippen molar-refractivity contribution in [1.29, 1.82) is 0 Å². The molecule has 0 aliphatic carbocycles. The third-order valence-electron chi connectivity index (χ3n) is 2.70. The summed E-state index contributed by atoms with van der Waals surface area (Å²) in [5.41, 5.74) is 1.36. The summed E-state index contributed by atoms with van der Waals surface area (Å²) in [6.45, 7) is 0. The topological polar surface area (TPSA) is 51.5 Å². The first-order valence-corrected chi connectivity index (χ1v) is 5.91. The van der Waals surface area contributed by atoms with Crippen LogP contribution in [0.2, 0.25) is 0 Å². The van der Waals surface area contributed by atoms with Crippen LogP contribution in [-0.4, -0.2) is 16.9 Å². The van der Waals surface area contributed by atoms with Crippen molar-refractivity contribution < 1.29 is 13.9 Å². The van der Waals surface area contributed by atoms with E-state index in [0.29, 0.717) is 11.1 Å². The molecule has 0 saturated heterocycles. The quantitative estimate of drug-likeness (QED) is 0.621. The van der Waals surface area contributed by atoms with Gasteiger partial charge in [0.05, 0.1) is 0 Å². The van der Waals surface area contributed by atoms with E-state index < -0.39 is 5.97 Å². The van der Waals surface area contributed by atoms with Gasteiger partial charge in [0.2, 0.25) is 5.90 Å². The molecule has 1 aromatic heterocycles. The lowest BCUT2D eigenvalue weighted by Gasteiger charge is -1.96. The molecule has 0 saturated carbocycles. The number of pyridine rings is 1. The molecule has 3 rings (SSSR count). The number of nitrogens with zero attached hydrogens (tertiary/aromatic N) is 2. The van der Waals surface area contributed by atoms with Gasteiger partial charge in [0.1, 0.15) is 5.82 Å². The van der Waals surface area contributed by atoms with E-state index >= 15 is 0 Å². The molecule has 0 fully saturated rings. The van der Waals surface area contributed by atoms with E-state index in [1.165, 1.54) is 18.2 Å². The van der Waals surface area contributed by atoms with Crippen molar-refractivity contribution in [3.63, 3.8) is 0 Å². The van der Waals surface area contributed by atoms with Crippen molar-refractivity contribution in [3.8, 4) is 0 Å². The first-order chi connectivity index (χ1) is 9.72. The number of rotatable bonds is 2. The van der Waals surface area contributed by atoms with E-state index in [2.05, 4.69) is 9.98 Å². The first-order valence-electron chi connectivity index (χ1n) is 5.91. The standard InChI is InChI=1S/C15H9FN2O2/c16-12-3-1-2-10(8-12)9-13-15(19)20-14(18-13)11-4-6-17-7-5-11/h1-9H/b13-9+. The Kier molecular flexibility index (Phi) is 3.09. The summed E-state index contributed by atoms with van der Waals surface area (Å²) >= 11 is 0. The number of carbonyl (C=O) groups is 1. The minimum absolute atomic E-state index is 0.141. The average Bonchev–Trinajstić information content (AvgIpc) is 2.81. The summed E-state index contributed by atoms with van der Waals surface area (Å²) in [5.74, 6) is -0.704. The highest BCUT2D eigenvalue weighted by Crippen LogP contribution is 2.19. The molecule has 1 aliphatic heterocycles. The van der Waals surface area contributed by atoms with E-state index in [1.807, 2.05) is 0 Å². The van der Waals surface area contributed by atoms with Gasteiger partial charge >= 0.3 is 5.97 Å². The predicted octanol–water partition coefficient (Wildman–Crippen LogP) is 2.57. The molecule has 0 atom stereocenters. The van der Waals surface area contributed by atoms with Gasteiger partial charge < -0.3 is 4.74 Å². The average molecular weight is 268 g/mol. The molecule has 4 nitrogen and oxygen atoms in total. The summed E-state index contributed by atoms with van der Waals surface area (Å²) in [4.78, 5) is 19.7. The molecule has 0 unspecified atom stereocenters. The highest BCUT2D eigenvalue weighted by molar-refractivity contribution is 6.12. The zero-order valence-electron chi connectivity index (χ0n) is 10.3. The third kappa shape index (κ3) is 2.47. The summed E-state index contributed by atoms with van der Waals surface area (Å²) < 4.78 is 18.2. The van der Waals surface area contributed by atoms with Gasteiger partial charge in [-0.25, -0.2) is 14.2 Å². The maximum Gasteiger partial charge on any atom is 0.363 e. The summed E-state index contributed by atoms with van der Waals surface area (Å²) in [6, 6.07) is 9.29. The summed E-state index contributed by atoms with van der Waals surface area (Å²) in [5, 5.41) is 0. The Bertz CT molecular complexity index is 724. The number of aliphatic imine (C=N–C) groups is 1. The number of halogens is 1. The van der Waals surface area contributed by atoms with Crippen LogP contribution < -0.4 is 0 Å². The van der Waals surface area contributed by atoms with Crippen LogP contribution in [0.25, 0.3) is 6.08 Å². The number of ether oxygens (including phenoxy) is 1. The summed E-state index contributed by atoms with van der Waals surface area (Å²) in [7, 11) is 0. The Morgan fingerprint density at radius 3 is 2.70 bits per heavy atom. The predicted molar refractivity (Wildman–Crippen MR) is 71.2 cm³/mol. The lowest BCUT2D eigenvalue weighted by atomic mass is 10.2. The van der Waals surface area contributed by atoms with Crippen LogP contribution in [0, 0.1) is 5.82 Å². The van der Waals surface area contributed by atoms with Crippen molar-refractivity contribution in [3.05, 3.63) is 71.4 Å². The summed E-state index contributed by atoms with van der Waals surface area (Å²) in [6.07, 6.45) is 4.65. The van der Waals surface area contributed by atoms with Gasteiger partial charge in [-0.05, 0) is 35.9 Å². The Hall–Kier alpha value is -2.82. The fraction of sp³-hybridized carbons (Fsp3) is 0. The lowest BCUT2D eigenvalue weighted by Crippen LogP contribution is -2.05. The van der Waals surface area contributed by atoms with Crippen molar-refractivity contribution >= 4 is 17.9 Å². The molecule has 5 heteroatoms. The van der Waals surface area contributed by atoms with Crippen molar-refractivity contribution in [2.24, 2.45) is 4.99 Å². The normalized spacial score (nSPS) is 16.1. The van der Waals surface area contributed by atoms with E-state index in [1.54, 1.807) is 36.7 Å².